The summed E-state index contributed by atoms with van der Waals surface area (Å²) in [5.41, 5.74) is 0.542. The molecule has 1 aromatic carbocycles. The minimum Gasteiger partial charge on any atom is -0.468 e. The summed E-state index contributed by atoms with van der Waals surface area (Å²) in [5.74, 6) is -0.178. The number of benzene rings is 1. The van der Waals surface area contributed by atoms with E-state index < -0.39 is 5.54 Å². The zero-order chi connectivity index (χ0) is 13.4. The number of carbonyl (C=O) groups excluding carboxylic acids is 1. The standard InChI is InChI=1S/C15H23NO2/c1-4-11-16-15(5-2,14(17)18-3)12-13-9-7-6-8-10-13/h6-10,16H,4-5,11-12H2,1-3H3. The molecule has 18 heavy (non-hydrogen) atoms. The Hall–Kier alpha value is -1.35. The van der Waals surface area contributed by atoms with E-state index >= 15 is 0 Å². The molecular formula is C15H23NO2. The van der Waals surface area contributed by atoms with Gasteiger partial charge < -0.3 is 10.1 Å². The zero-order valence-corrected chi connectivity index (χ0v) is 11.5. The van der Waals surface area contributed by atoms with Crippen LogP contribution in [0.15, 0.2) is 30.3 Å². The molecule has 1 unspecified atom stereocenters. The van der Waals surface area contributed by atoms with Crippen LogP contribution in [0, 0.1) is 0 Å². The molecule has 0 saturated carbocycles. The number of esters is 1. The van der Waals surface area contributed by atoms with Gasteiger partial charge in [-0.3, -0.25) is 4.79 Å². The van der Waals surface area contributed by atoms with Crippen molar-refractivity contribution >= 4 is 5.97 Å². The molecule has 0 aliphatic rings. The van der Waals surface area contributed by atoms with E-state index in [4.69, 9.17) is 4.74 Å². The molecule has 0 spiro atoms. The van der Waals surface area contributed by atoms with Crippen molar-refractivity contribution in [3.63, 3.8) is 0 Å². The lowest BCUT2D eigenvalue weighted by Gasteiger charge is -2.31. The molecule has 0 aliphatic heterocycles. The average molecular weight is 249 g/mol. The van der Waals surface area contributed by atoms with Crippen LogP contribution < -0.4 is 5.32 Å². The van der Waals surface area contributed by atoms with Gasteiger partial charge in [-0.1, -0.05) is 44.2 Å². The van der Waals surface area contributed by atoms with Crippen molar-refractivity contribution in [1.29, 1.82) is 0 Å². The second-order valence-electron chi connectivity index (χ2n) is 4.52. The minimum absolute atomic E-state index is 0.178. The van der Waals surface area contributed by atoms with E-state index in [1.807, 2.05) is 37.3 Å². The van der Waals surface area contributed by atoms with Crippen LogP contribution >= 0.6 is 0 Å². The quantitative estimate of drug-likeness (QED) is 0.755. The number of hydrogen-bond acceptors (Lipinski definition) is 3. The van der Waals surface area contributed by atoms with Gasteiger partial charge in [0.1, 0.15) is 5.54 Å². The maximum atomic E-state index is 12.1. The van der Waals surface area contributed by atoms with E-state index in [1.54, 1.807) is 0 Å². The fourth-order valence-corrected chi connectivity index (χ4v) is 2.11. The molecule has 1 rings (SSSR count). The first-order valence-electron chi connectivity index (χ1n) is 6.56. The second-order valence-corrected chi connectivity index (χ2v) is 4.52. The summed E-state index contributed by atoms with van der Waals surface area (Å²) < 4.78 is 4.97. The SMILES string of the molecule is CCCNC(CC)(Cc1ccccc1)C(=O)OC. The molecule has 0 amide bonds. The van der Waals surface area contributed by atoms with E-state index in [0.29, 0.717) is 12.8 Å². The number of methoxy groups -OCH3 is 1. The van der Waals surface area contributed by atoms with E-state index in [9.17, 15) is 4.79 Å². The fourth-order valence-electron chi connectivity index (χ4n) is 2.11. The molecule has 100 valence electrons. The molecule has 1 aromatic rings. The average Bonchev–Trinajstić information content (AvgIpc) is 2.43. The summed E-state index contributed by atoms with van der Waals surface area (Å²) in [4.78, 5) is 12.1. The van der Waals surface area contributed by atoms with E-state index in [-0.39, 0.29) is 5.97 Å². The van der Waals surface area contributed by atoms with Crippen molar-refractivity contribution in [2.75, 3.05) is 13.7 Å². The zero-order valence-electron chi connectivity index (χ0n) is 11.5. The Bertz CT molecular complexity index is 364. The van der Waals surface area contributed by atoms with E-state index in [2.05, 4.69) is 12.2 Å². The third-order valence-corrected chi connectivity index (χ3v) is 3.24. The van der Waals surface area contributed by atoms with Gasteiger partial charge in [0, 0.05) is 6.42 Å². The van der Waals surface area contributed by atoms with Gasteiger partial charge in [0.05, 0.1) is 7.11 Å². The van der Waals surface area contributed by atoms with Crippen molar-refractivity contribution in [2.45, 2.75) is 38.6 Å². The largest absolute Gasteiger partial charge is 0.468 e. The highest BCUT2D eigenvalue weighted by atomic mass is 16.5. The van der Waals surface area contributed by atoms with Gasteiger partial charge in [-0.25, -0.2) is 0 Å². The van der Waals surface area contributed by atoms with Crippen LogP contribution in [0.1, 0.15) is 32.3 Å². The number of hydrogen-bond donors (Lipinski definition) is 1. The summed E-state index contributed by atoms with van der Waals surface area (Å²) in [6.45, 7) is 4.92. The topological polar surface area (TPSA) is 38.3 Å². The van der Waals surface area contributed by atoms with Crippen molar-refractivity contribution in [3.05, 3.63) is 35.9 Å². The lowest BCUT2D eigenvalue weighted by atomic mass is 9.88. The first-order chi connectivity index (χ1) is 8.68. The van der Waals surface area contributed by atoms with Crippen molar-refractivity contribution in [1.82, 2.24) is 5.32 Å². The third-order valence-electron chi connectivity index (χ3n) is 3.24. The summed E-state index contributed by atoms with van der Waals surface area (Å²) in [6, 6.07) is 10.1. The van der Waals surface area contributed by atoms with Crippen LogP contribution in [0.4, 0.5) is 0 Å². The van der Waals surface area contributed by atoms with E-state index in [1.165, 1.54) is 7.11 Å². The Balaban J connectivity index is 2.91. The fraction of sp³-hybridized carbons (Fsp3) is 0.533. The van der Waals surface area contributed by atoms with Crippen LogP contribution in [0.3, 0.4) is 0 Å². The van der Waals surface area contributed by atoms with Gasteiger partial charge in [0.15, 0.2) is 0 Å². The van der Waals surface area contributed by atoms with Crippen LogP contribution in [0.25, 0.3) is 0 Å². The predicted octanol–water partition coefficient (Wildman–Crippen LogP) is 2.55. The highest BCUT2D eigenvalue weighted by molar-refractivity contribution is 5.81. The van der Waals surface area contributed by atoms with Crippen LogP contribution in [-0.2, 0) is 16.0 Å². The van der Waals surface area contributed by atoms with Gasteiger partial charge in [0.25, 0.3) is 0 Å². The van der Waals surface area contributed by atoms with Crippen LogP contribution in [-0.4, -0.2) is 25.2 Å². The van der Waals surface area contributed by atoms with Gasteiger partial charge in [-0.2, -0.15) is 0 Å². The summed E-state index contributed by atoms with van der Waals surface area (Å²) in [5, 5.41) is 3.36. The van der Waals surface area contributed by atoms with Crippen LogP contribution in [0.5, 0.6) is 0 Å². The van der Waals surface area contributed by atoms with E-state index in [0.717, 1.165) is 18.5 Å². The van der Waals surface area contributed by atoms with Gasteiger partial charge in [0.2, 0.25) is 0 Å². The molecule has 0 saturated heterocycles. The Morgan fingerprint density at radius 1 is 1.28 bits per heavy atom. The maximum Gasteiger partial charge on any atom is 0.326 e. The highest BCUT2D eigenvalue weighted by Gasteiger charge is 2.37. The molecule has 3 nitrogen and oxygen atoms in total. The van der Waals surface area contributed by atoms with Crippen molar-refractivity contribution in [3.8, 4) is 0 Å². The smallest absolute Gasteiger partial charge is 0.326 e. The number of ether oxygens (including phenoxy) is 1. The number of nitrogens with one attached hydrogen (secondary N) is 1. The lowest BCUT2D eigenvalue weighted by Crippen LogP contribution is -2.54. The molecule has 0 fully saturated rings. The maximum absolute atomic E-state index is 12.1. The molecule has 3 heteroatoms. The highest BCUT2D eigenvalue weighted by Crippen LogP contribution is 2.19. The second kappa shape index (κ2) is 7.17. The predicted molar refractivity (Wildman–Crippen MR) is 73.5 cm³/mol. The molecule has 1 atom stereocenters. The third kappa shape index (κ3) is 3.57. The molecular weight excluding hydrogens is 226 g/mol. The number of carbonyl (C=O) groups is 1. The monoisotopic (exact) mass is 249 g/mol. The van der Waals surface area contributed by atoms with Crippen LogP contribution in [0.2, 0.25) is 0 Å². The normalized spacial score (nSPS) is 13.9. The molecule has 1 N–H and O–H groups in total. The molecule has 0 heterocycles. The molecule has 0 bridgehead atoms. The van der Waals surface area contributed by atoms with Crippen molar-refractivity contribution in [2.24, 2.45) is 0 Å². The number of rotatable bonds is 7. The summed E-state index contributed by atoms with van der Waals surface area (Å²) in [6.07, 6.45) is 2.37. The Labute approximate surface area is 110 Å². The molecule has 0 aromatic heterocycles. The van der Waals surface area contributed by atoms with Gasteiger partial charge >= 0.3 is 5.97 Å². The van der Waals surface area contributed by atoms with Gasteiger partial charge in [-0.15, -0.1) is 0 Å². The lowest BCUT2D eigenvalue weighted by molar-refractivity contribution is -0.148. The Kier molecular flexibility index (Phi) is 5.86. The first-order valence-corrected chi connectivity index (χ1v) is 6.56. The first kappa shape index (κ1) is 14.7. The Morgan fingerprint density at radius 2 is 1.94 bits per heavy atom. The Morgan fingerprint density at radius 3 is 2.44 bits per heavy atom. The minimum atomic E-state index is -0.605. The van der Waals surface area contributed by atoms with Gasteiger partial charge in [-0.05, 0) is 24.9 Å². The summed E-state index contributed by atoms with van der Waals surface area (Å²) in [7, 11) is 1.45. The summed E-state index contributed by atoms with van der Waals surface area (Å²) >= 11 is 0. The van der Waals surface area contributed by atoms with Crippen molar-refractivity contribution < 1.29 is 9.53 Å². The molecule has 0 radical (unpaired) electrons. The molecule has 0 aliphatic carbocycles.